The van der Waals surface area contributed by atoms with Crippen LogP contribution in [0.5, 0.6) is 5.75 Å². The van der Waals surface area contributed by atoms with Crippen LogP contribution in [0.15, 0.2) is 56.9 Å². The first-order chi connectivity index (χ1) is 18.8. The van der Waals surface area contributed by atoms with Crippen LogP contribution < -0.4 is 0 Å². The molecule has 4 atom stereocenters. The lowest BCUT2D eigenvalue weighted by Gasteiger charge is -2.43. The van der Waals surface area contributed by atoms with Gasteiger partial charge in [-0.2, -0.15) is 0 Å². The molecular formula is C30H35BBrNO5S. The molecule has 206 valence electrons. The van der Waals surface area contributed by atoms with E-state index in [0.717, 1.165) is 46.2 Å². The minimum absolute atomic E-state index is 0.0754. The number of benzene rings is 1. The third kappa shape index (κ3) is 5.83. The average Bonchev–Trinajstić information content (AvgIpc) is 3.51. The Bertz CT molecular complexity index is 1290. The molecule has 0 bridgehead atoms. The van der Waals surface area contributed by atoms with Gasteiger partial charge < -0.3 is 14.8 Å². The predicted octanol–water partition coefficient (Wildman–Crippen LogP) is 6.59. The second-order valence-corrected chi connectivity index (χ2v) is 12.8. The molecule has 2 amide bonds. The van der Waals surface area contributed by atoms with Crippen LogP contribution >= 0.6 is 27.3 Å². The van der Waals surface area contributed by atoms with E-state index in [9.17, 15) is 19.7 Å². The molecule has 1 aromatic heterocycles. The highest BCUT2D eigenvalue weighted by molar-refractivity contribution is 9.10. The molecule has 2 aliphatic heterocycles. The van der Waals surface area contributed by atoms with Crippen LogP contribution in [-0.2, 0) is 20.8 Å². The summed E-state index contributed by atoms with van der Waals surface area (Å²) in [7, 11) is -0.970. The highest BCUT2D eigenvalue weighted by atomic mass is 79.9. The SMILES string of the molecule is CCCC1=C2[C@@H](CC/C(=C/c3cc(Br)ccc3O)CC)OB(O)C[C@@H]2[C@@H]2C(=O)N(Cc3cccs3)C(=O)[C@@H]2C1. The average molecular weight is 612 g/mol. The quantitative estimate of drug-likeness (QED) is 0.190. The van der Waals surface area contributed by atoms with Gasteiger partial charge in [0.2, 0.25) is 11.8 Å². The molecule has 39 heavy (non-hydrogen) atoms. The van der Waals surface area contributed by atoms with E-state index in [1.807, 2.05) is 35.7 Å². The van der Waals surface area contributed by atoms with Crippen molar-refractivity contribution in [3.05, 3.63) is 67.3 Å². The Kier molecular flexibility index (Phi) is 8.81. The van der Waals surface area contributed by atoms with Gasteiger partial charge in [-0.3, -0.25) is 14.5 Å². The predicted molar refractivity (Wildman–Crippen MR) is 158 cm³/mol. The van der Waals surface area contributed by atoms with E-state index in [1.54, 1.807) is 17.4 Å². The molecule has 2 N–H and O–H groups in total. The molecule has 5 rings (SSSR count). The summed E-state index contributed by atoms with van der Waals surface area (Å²) in [6.07, 6.45) is 6.69. The first-order valence-electron chi connectivity index (χ1n) is 13.9. The molecule has 2 fully saturated rings. The summed E-state index contributed by atoms with van der Waals surface area (Å²) in [6.45, 7) is 4.55. The monoisotopic (exact) mass is 611 g/mol. The van der Waals surface area contributed by atoms with Gasteiger partial charge in [0.25, 0.3) is 0 Å². The van der Waals surface area contributed by atoms with E-state index in [4.69, 9.17) is 4.65 Å². The normalized spacial score (nSPS) is 25.4. The van der Waals surface area contributed by atoms with Gasteiger partial charge in [0.05, 0.1) is 24.5 Å². The fraction of sp³-hybridized carbons (Fsp3) is 0.467. The summed E-state index contributed by atoms with van der Waals surface area (Å²) >= 11 is 5.03. The van der Waals surface area contributed by atoms with Gasteiger partial charge in [0.15, 0.2) is 0 Å². The number of fused-ring (bicyclic) bond motifs is 3. The lowest BCUT2D eigenvalue weighted by molar-refractivity contribution is -0.140. The Labute approximate surface area is 243 Å². The van der Waals surface area contributed by atoms with Gasteiger partial charge in [-0.05, 0) is 79.6 Å². The van der Waals surface area contributed by atoms with Crippen molar-refractivity contribution in [2.24, 2.45) is 17.8 Å². The number of rotatable bonds is 9. The van der Waals surface area contributed by atoms with Crippen LogP contribution in [0.1, 0.15) is 62.8 Å². The number of aromatic hydroxyl groups is 1. The minimum Gasteiger partial charge on any atom is -0.507 e. The zero-order valence-corrected chi connectivity index (χ0v) is 24.8. The van der Waals surface area contributed by atoms with Gasteiger partial charge in [-0.1, -0.05) is 59.5 Å². The van der Waals surface area contributed by atoms with Crippen molar-refractivity contribution in [1.82, 2.24) is 4.90 Å². The van der Waals surface area contributed by atoms with Crippen molar-refractivity contribution in [2.75, 3.05) is 0 Å². The van der Waals surface area contributed by atoms with Gasteiger partial charge in [0.1, 0.15) is 5.75 Å². The first-order valence-corrected chi connectivity index (χ1v) is 15.6. The lowest BCUT2D eigenvalue weighted by Crippen LogP contribution is -2.46. The van der Waals surface area contributed by atoms with E-state index in [0.29, 0.717) is 25.7 Å². The maximum Gasteiger partial charge on any atom is 0.455 e. The molecule has 0 saturated carbocycles. The van der Waals surface area contributed by atoms with E-state index in [1.165, 1.54) is 16.0 Å². The van der Waals surface area contributed by atoms with Crippen molar-refractivity contribution >= 4 is 52.3 Å². The Morgan fingerprint density at radius 2 is 2.05 bits per heavy atom. The molecule has 2 saturated heterocycles. The van der Waals surface area contributed by atoms with Gasteiger partial charge in [0, 0.05) is 14.9 Å². The zero-order chi connectivity index (χ0) is 27.7. The van der Waals surface area contributed by atoms with Crippen molar-refractivity contribution in [3.63, 3.8) is 0 Å². The highest BCUT2D eigenvalue weighted by Gasteiger charge is 2.57. The van der Waals surface area contributed by atoms with Crippen LogP contribution in [0.25, 0.3) is 6.08 Å². The molecule has 0 unspecified atom stereocenters. The van der Waals surface area contributed by atoms with Crippen molar-refractivity contribution in [3.8, 4) is 5.75 Å². The maximum absolute atomic E-state index is 13.7. The van der Waals surface area contributed by atoms with E-state index < -0.39 is 13.0 Å². The standard InChI is InChI=1S/C30H35BBrNO5S/c1-3-6-19-15-23-28(30(36)33(29(23)35)17-22-7-5-12-39-22)24-16-31(37)38-26(27(19)24)11-8-18(4-2)13-20-14-21(32)9-10-25(20)34/h5,7,9-10,12-14,23-24,26,28,34,37H,3-4,6,8,11,15-17H2,1-2H3/b18-13+/t23-,24+,26-,28-/m1/s1. The number of imide groups is 1. The maximum atomic E-state index is 13.7. The van der Waals surface area contributed by atoms with Gasteiger partial charge in [-0.25, -0.2) is 0 Å². The Balaban J connectivity index is 1.41. The van der Waals surface area contributed by atoms with Crippen molar-refractivity contribution < 1.29 is 24.4 Å². The van der Waals surface area contributed by atoms with Crippen molar-refractivity contribution in [1.29, 1.82) is 0 Å². The molecule has 0 radical (unpaired) electrons. The number of carbonyl (C=O) groups is 2. The molecule has 9 heteroatoms. The fourth-order valence-electron chi connectivity index (χ4n) is 6.61. The smallest absolute Gasteiger partial charge is 0.455 e. The third-order valence-electron chi connectivity index (χ3n) is 8.38. The first kappa shape index (κ1) is 28.3. The second kappa shape index (κ2) is 12.1. The summed E-state index contributed by atoms with van der Waals surface area (Å²) < 4.78 is 7.05. The summed E-state index contributed by atoms with van der Waals surface area (Å²) in [6, 6.07) is 9.28. The lowest BCUT2D eigenvalue weighted by atomic mass is 9.58. The van der Waals surface area contributed by atoms with E-state index in [2.05, 4.69) is 29.8 Å². The van der Waals surface area contributed by atoms with Crippen LogP contribution in [0.3, 0.4) is 0 Å². The molecule has 3 heterocycles. The molecule has 6 nitrogen and oxygen atoms in total. The van der Waals surface area contributed by atoms with Gasteiger partial charge >= 0.3 is 7.12 Å². The molecule has 1 aliphatic carbocycles. The minimum atomic E-state index is -0.970. The Morgan fingerprint density at radius 3 is 2.77 bits per heavy atom. The summed E-state index contributed by atoms with van der Waals surface area (Å²) in [5.41, 5.74) is 4.30. The van der Waals surface area contributed by atoms with Crippen LogP contribution in [0.2, 0.25) is 6.32 Å². The molecule has 2 aromatic rings. The number of thiophene rings is 1. The summed E-state index contributed by atoms with van der Waals surface area (Å²) in [4.78, 5) is 29.7. The topological polar surface area (TPSA) is 87.1 Å². The highest BCUT2D eigenvalue weighted by Crippen LogP contribution is 2.51. The number of phenolic OH excluding ortho intramolecular Hbond substituents is 1. The number of nitrogens with zero attached hydrogens (tertiary/aromatic N) is 1. The van der Waals surface area contributed by atoms with Crippen LogP contribution in [0.4, 0.5) is 0 Å². The van der Waals surface area contributed by atoms with E-state index >= 15 is 0 Å². The van der Waals surface area contributed by atoms with Crippen LogP contribution in [-0.4, -0.2) is 40.1 Å². The molecule has 1 aromatic carbocycles. The van der Waals surface area contributed by atoms with E-state index in [-0.39, 0.29) is 35.5 Å². The summed E-state index contributed by atoms with van der Waals surface area (Å²) in [5.74, 6) is -0.932. The van der Waals surface area contributed by atoms with Gasteiger partial charge in [-0.15, -0.1) is 11.3 Å². The number of carbonyl (C=O) groups excluding carboxylic acids is 2. The summed E-state index contributed by atoms with van der Waals surface area (Å²) in [5, 5.41) is 23.1. The number of amides is 2. The zero-order valence-electron chi connectivity index (χ0n) is 22.4. The van der Waals surface area contributed by atoms with Crippen molar-refractivity contribution in [2.45, 2.75) is 71.3 Å². The third-order valence-corrected chi connectivity index (χ3v) is 9.73. The Morgan fingerprint density at radius 1 is 1.23 bits per heavy atom. The number of hydrogen-bond acceptors (Lipinski definition) is 6. The largest absolute Gasteiger partial charge is 0.507 e. The number of hydrogen-bond donors (Lipinski definition) is 2. The molecular weight excluding hydrogens is 577 g/mol. The Hall–Kier alpha value is -2.20. The fourth-order valence-corrected chi connectivity index (χ4v) is 7.68. The number of allylic oxidation sites excluding steroid dienone is 2. The molecule has 0 spiro atoms. The molecule has 3 aliphatic rings. The number of phenols is 1. The number of likely N-dealkylation sites (tertiary alicyclic amines) is 1. The second-order valence-electron chi connectivity index (χ2n) is 10.8. The number of halogens is 1. The van der Waals surface area contributed by atoms with Crippen LogP contribution in [0, 0.1) is 17.8 Å².